The molecular weight excluding hydrogens is 585 g/mol. The molecule has 2 aromatic carbocycles. The standard InChI is InChI=1S/C28H34N4O4S4/c1-2-9-37-18-26(19-40-28(36)32-17-25-8-4-6-23(13-25)15-30-21-34)38-10-11-39-27(35)31-16-24-7-3-5-22(12-24)14-29-20-33/h3-8,12-13,26H,2,9-11,14-19H2,1H3,(H,31,35)(H,32,36). The van der Waals surface area contributed by atoms with E-state index < -0.39 is 0 Å². The molecule has 8 nitrogen and oxygen atoms in total. The largest absolute Gasteiger partial charge is 0.343 e. The van der Waals surface area contributed by atoms with Crippen molar-refractivity contribution >= 4 is 69.7 Å². The minimum Gasteiger partial charge on any atom is -0.343 e. The Bertz CT molecular complexity index is 1170. The summed E-state index contributed by atoms with van der Waals surface area (Å²) in [5.41, 5.74) is 3.69. The second kappa shape index (κ2) is 21.3. The Balaban J connectivity index is 1.70. The summed E-state index contributed by atoms with van der Waals surface area (Å²) < 4.78 is 0. The molecular formula is C28H34N4O4S4. The predicted molar refractivity (Wildman–Crippen MR) is 170 cm³/mol. The van der Waals surface area contributed by atoms with Crippen LogP contribution in [0.2, 0.25) is 0 Å². The molecule has 0 aliphatic carbocycles. The summed E-state index contributed by atoms with van der Waals surface area (Å²) in [7, 11) is 0. The van der Waals surface area contributed by atoms with Crippen molar-refractivity contribution in [2.45, 2.75) is 44.8 Å². The molecule has 40 heavy (non-hydrogen) atoms. The Morgan fingerprint density at radius 3 is 1.88 bits per heavy atom. The van der Waals surface area contributed by atoms with Gasteiger partial charge < -0.3 is 10.6 Å². The molecule has 0 aliphatic rings. The molecule has 0 spiro atoms. The van der Waals surface area contributed by atoms with Gasteiger partial charge in [-0.2, -0.15) is 23.5 Å². The lowest BCUT2D eigenvalue weighted by Crippen LogP contribution is -2.21. The van der Waals surface area contributed by atoms with Crippen molar-refractivity contribution < 1.29 is 19.2 Å². The zero-order chi connectivity index (χ0) is 28.8. The number of rotatable bonds is 18. The van der Waals surface area contributed by atoms with Crippen molar-refractivity contribution in [1.29, 1.82) is 0 Å². The van der Waals surface area contributed by atoms with E-state index in [2.05, 4.69) is 27.5 Å². The second-order valence-electron chi connectivity index (χ2n) is 8.46. The first-order valence-electron chi connectivity index (χ1n) is 12.8. The number of amides is 2. The van der Waals surface area contributed by atoms with Gasteiger partial charge in [0.15, 0.2) is 0 Å². The van der Waals surface area contributed by atoms with Gasteiger partial charge in [-0.3, -0.25) is 9.59 Å². The van der Waals surface area contributed by atoms with Gasteiger partial charge in [0, 0.05) is 41.4 Å². The maximum absolute atomic E-state index is 12.5. The van der Waals surface area contributed by atoms with Gasteiger partial charge in [-0.05, 0) is 34.4 Å². The highest BCUT2D eigenvalue weighted by molar-refractivity contribution is 8.15. The first-order chi connectivity index (χ1) is 19.5. The molecule has 0 aliphatic heterocycles. The summed E-state index contributed by atoms with van der Waals surface area (Å²) in [6.07, 6.45) is 4.18. The van der Waals surface area contributed by atoms with Crippen LogP contribution in [0.1, 0.15) is 35.6 Å². The van der Waals surface area contributed by atoms with Gasteiger partial charge in [-0.25, -0.2) is 19.6 Å². The summed E-state index contributed by atoms with van der Waals surface area (Å²) in [4.78, 5) is 52.6. The zero-order valence-corrected chi connectivity index (χ0v) is 25.7. The molecule has 2 aromatic rings. The van der Waals surface area contributed by atoms with E-state index in [1.54, 1.807) is 11.8 Å². The van der Waals surface area contributed by atoms with Crippen LogP contribution in [-0.4, -0.2) is 56.7 Å². The van der Waals surface area contributed by atoms with E-state index in [0.717, 1.165) is 45.9 Å². The van der Waals surface area contributed by atoms with Crippen LogP contribution in [0.15, 0.2) is 58.5 Å². The van der Waals surface area contributed by atoms with Gasteiger partial charge in [-0.1, -0.05) is 79.0 Å². The smallest absolute Gasteiger partial charge is 0.279 e. The highest BCUT2D eigenvalue weighted by Gasteiger charge is 2.14. The number of carbonyl (C=O) groups excluding carboxylic acids is 4. The van der Waals surface area contributed by atoms with Crippen molar-refractivity contribution in [1.82, 2.24) is 10.6 Å². The predicted octanol–water partition coefficient (Wildman–Crippen LogP) is 6.19. The van der Waals surface area contributed by atoms with Crippen LogP contribution in [0.25, 0.3) is 0 Å². The molecule has 214 valence electrons. The maximum atomic E-state index is 12.5. The number of nitrogens with zero attached hydrogens (tertiary/aromatic N) is 2. The first-order valence-corrected chi connectivity index (χ1v) is 16.9. The third-order valence-electron chi connectivity index (χ3n) is 5.23. The van der Waals surface area contributed by atoms with Crippen LogP contribution >= 0.6 is 47.0 Å². The lowest BCUT2D eigenvalue weighted by molar-refractivity contribution is 0.259. The Labute approximate surface area is 252 Å². The summed E-state index contributed by atoms with van der Waals surface area (Å²) in [6.45, 7) is 3.54. The van der Waals surface area contributed by atoms with Crippen LogP contribution in [0.5, 0.6) is 0 Å². The molecule has 1 atom stereocenters. The molecule has 2 amide bonds. The molecule has 0 bridgehead atoms. The summed E-state index contributed by atoms with van der Waals surface area (Å²) in [5.74, 6) is 4.23. The number of thioether (sulfide) groups is 4. The number of hydrogen-bond acceptors (Lipinski definition) is 10. The van der Waals surface area contributed by atoms with Crippen LogP contribution in [0.4, 0.5) is 9.59 Å². The van der Waals surface area contributed by atoms with Crippen LogP contribution in [-0.2, 0) is 35.8 Å². The fourth-order valence-electron chi connectivity index (χ4n) is 3.39. The third-order valence-corrected chi connectivity index (χ3v) is 10.3. The van der Waals surface area contributed by atoms with E-state index in [-0.39, 0.29) is 23.6 Å². The average molecular weight is 619 g/mol. The molecule has 0 fully saturated rings. The van der Waals surface area contributed by atoms with Crippen molar-refractivity contribution in [2.24, 2.45) is 9.98 Å². The van der Waals surface area contributed by atoms with Crippen molar-refractivity contribution in [2.75, 3.05) is 28.8 Å². The van der Waals surface area contributed by atoms with Crippen LogP contribution in [0.3, 0.4) is 0 Å². The molecule has 0 heterocycles. The lowest BCUT2D eigenvalue weighted by atomic mass is 10.1. The van der Waals surface area contributed by atoms with E-state index in [4.69, 9.17) is 0 Å². The number of aliphatic imine (C=N–C) groups is 2. The highest BCUT2D eigenvalue weighted by atomic mass is 32.2. The van der Waals surface area contributed by atoms with Gasteiger partial charge in [0.1, 0.15) is 0 Å². The minimum atomic E-state index is -0.0791. The van der Waals surface area contributed by atoms with E-state index >= 15 is 0 Å². The number of nitrogens with one attached hydrogen (secondary N) is 2. The summed E-state index contributed by atoms with van der Waals surface area (Å²) in [5, 5.41) is 6.02. The second-order valence-corrected chi connectivity index (χ2v) is 13.1. The number of benzene rings is 2. The molecule has 2 N–H and O–H groups in total. The van der Waals surface area contributed by atoms with E-state index in [9.17, 15) is 19.2 Å². The molecule has 12 heteroatoms. The summed E-state index contributed by atoms with van der Waals surface area (Å²) in [6, 6.07) is 15.2. The monoisotopic (exact) mass is 618 g/mol. The maximum Gasteiger partial charge on any atom is 0.279 e. The van der Waals surface area contributed by atoms with Gasteiger partial charge in [0.25, 0.3) is 10.5 Å². The van der Waals surface area contributed by atoms with Gasteiger partial charge >= 0.3 is 0 Å². The molecule has 0 saturated carbocycles. The Hall–Kier alpha value is -2.46. The average Bonchev–Trinajstić information content (AvgIpc) is 2.97. The van der Waals surface area contributed by atoms with Gasteiger partial charge in [-0.15, -0.1) is 0 Å². The molecule has 0 aromatic heterocycles. The number of isocyanates is 2. The van der Waals surface area contributed by atoms with Crippen LogP contribution in [0, 0.1) is 0 Å². The van der Waals surface area contributed by atoms with Crippen molar-refractivity contribution in [3.8, 4) is 0 Å². The van der Waals surface area contributed by atoms with E-state index in [0.29, 0.717) is 29.8 Å². The lowest BCUT2D eigenvalue weighted by Gasteiger charge is -2.16. The quantitative estimate of drug-likeness (QED) is 0.115. The van der Waals surface area contributed by atoms with Crippen LogP contribution < -0.4 is 10.6 Å². The molecule has 2 rings (SSSR count). The molecule has 1 unspecified atom stereocenters. The van der Waals surface area contributed by atoms with Crippen molar-refractivity contribution in [3.05, 3.63) is 70.8 Å². The SMILES string of the molecule is CCCSCC(CSC(=O)NCc1cccc(CN=C=O)c1)SCCSC(=O)NCc1cccc(CN=C=O)c1. The Morgan fingerprint density at radius 2 is 1.32 bits per heavy atom. The van der Waals surface area contributed by atoms with Gasteiger partial charge in [0.2, 0.25) is 12.2 Å². The number of carbonyl (C=O) groups is 2. The normalized spacial score (nSPS) is 11.1. The van der Waals surface area contributed by atoms with Gasteiger partial charge in [0.05, 0.1) is 13.1 Å². The molecule has 0 saturated heterocycles. The number of hydrogen-bond donors (Lipinski definition) is 2. The van der Waals surface area contributed by atoms with E-state index in [1.165, 1.54) is 35.7 Å². The Kier molecular flexibility index (Phi) is 18.0. The van der Waals surface area contributed by atoms with E-state index in [1.807, 2.05) is 60.3 Å². The Morgan fingerprint density at radius 1 is 0.775 bits per heavy atom. The van der Waals surface area contributed by atoms with Crippen molar-refractivity contribution in [3.63, 3.8) is 0 Å². The fourth-order valence-corrected chi connectivity index (χ4v) is 7.68. The fraction of sp³-hybridized carbons (Fsp3) is 0.429. The summed E-state index contributed by atoms with van der Waals surface area (Å²) >= 11 is 6.24. The minimum absolute atomic E-state index is 0.0711. The first kappa shape index (κ1) is 33.7. The molecule has 0 radical (unpaired) electrons. The third kappa shape index (κ3) is 15.4. The zero-order valence-electron chi connectivity index (χ0n) is 22.4. The highest BCUT2D eigenvalue weighted by Crippen LogP contribution is 2.23. The topological polar surface area (TPSA) is 117 Å².